The average molecular weight is 349 g/mol. The highest BCUT2D eigenvalue weighted by Crippen LogP contribution is 2.24. The smallest absolute Gasteiger partial charge is 0.254 e. The van der Waals surface area contributed by atoms with Gasteiger partial charge in [-0.15, -0.1) is 12.4 Å². The second-order valence-corrected chi connectivity index (χ2v) is 6.23. The van der Waals surface area contributed by atoms with E-state index < -0.39 is 5.82 Å². The van der Waals surface area contributed by atoms with Gasteiger partial charge < -0.3 is 10.6 Å². The fraction of sp³-hybridized carbons (Fsp3) is 0.316. The van der Waals surface area contributed by atoms with Crippen molar-refractivity contribution in [3.8, 4) is 11.1 Å². The molecule has 1 aliphatic rings. The summed E-state index contributed by atoms with van der Waals surface area (Å²) in [5.41, 5.74) is 4.21. The van der Waals surface area contributed by atoms with Crippen LogP contribution >= 0.6 is 12.4 Å². The molecule has 0 saturated carbocycles. The third-order valence-corrected chi connectivity index (χ3v) is 4.47. The van der Waals surface area contributed by atoms with E-state index in [0.717, 1.165) is 24.2 Å². The molecule has 3 rings (SSSR count). The zero-order valence-corrected chi connectivity index (χ0v) is 14.7. The maximum Gasteiger partial charge on any atom is 0.254 e. The Hall–Kier alpha value is -1.91. The Morgan fingerprint density at radius 3 is 2.38 bits per heavy atom. The van der Waals surface area contributed by atoms with Gasteiger partial charge in [0.2, 0.25) is 0 Å². The van der Waals surface area contributed by atoms with Crippen LogP contribution in [0.2, 0.25) is 0 Å². The van der Waals surface area contributed by atoms with E-state index in [2.05, 4.69) is 10.6 Å². The lowest BCUT2D eigenvalue weighted by Gasteiger charge is -2.27. The van der Waals surface area contributed by atoms with Crippen molar-refractivity contribution in [1.82, 2.24) is 10.6 Å². The molecule has 0 aromatic heterocycles. The van der Waals surface area contributed by atoms with Crippen LogP contribution in [0.5, 0.6) is 0 Å². The van der Waals surface area contributed by atoms with Gasteiger partial charge in [-0.2, -0.15) is 0 Å². The van der Waals surface area contributed by atoms with Gasteiger partial charge in [-0.1, -0.05) is 24.3 Å². The molecule has 0 aliphatic carbocycles. The number of benzene rings is 2. The number of carbonyl (C=O) groups excluding carboxylic acids is 1. The molecule has 24 heavy (non-hydrogen) atoms. The van der Waals surface area contributed by atoms with Crippen molar-refractivity contribution in [2.24, 2.45) is 5.92 Å². The standard InChI is InChI=1S/C19H21FN2O.ClH/c1-12-3-4-15(7-13(12)2)16-5-6-17(18(20)8-16)19(23)22-11-14-9-21-10-14;/h3-8,14,21H,9-11H2,1-2H3,(H,22,23);1H. The van der Waals surface area contributed by atoms with Crippen LogP contribution in [0.25, 0.3) is 11.1 Å². The molecule has 128 valence electrons. The average Bonchev–Trinajstić information content (AvgIpc) is 2.48. The molecular weight excluding hydrogens is 327 g/mol. The van der Waals surface area contributed by atoms with Crippen molar-refractivity contribution >= 4 is 18.3 Å². The van der Waals surface area contributed by atoms with Gasteiger partial charge in [0, 0.05) is 25.6 Å². The minimum absolute atomic E-state index is 0. The fourth-order valence-electron chi connectivity index (χ4n) is 2.62. The molecular formula is C19H22ClFN2O. The molecule has 1 amide bonds. The third kappa shape index (κ3) is 3.94. The molecule has 0 atom stereocenters. The van der Waals surface area contributed by atoms with Crippen molar-refractivity contribution in [3.05, 3.63) is 58.9 Å². The fourth-order valence-corrected chi connectivity index (χ4v) is 2.62. The molecule has 5 heteroatoms. The molecule has 0 bridgehead atoms. The van der Waals surface area contributed by atoms with Crippen molar-refractivity contribution < 1.29 is 9.18 Å². The number of halogens is 2. The molecule has 0 unspecified atom stereocenters. The summed E-state index contributed by atoms with van der Waals surface area (Å²) in [5.74, 6) is -0.372. The van der Waals surface area contributed by atoms with Crippen LogP contribution in [0.3, 0.4) is 0 Å². The molecule has 2 aromatic carbocycles. The van der Waals surface area contributed by atoms with Gasteiger partial charge in [0.05, 0.1) is 5.56 Å². The predicted octanol–water partition coefficient (Wildman–Crippen LogP) is 3.48. The van der Waals surface area contributed by atoms with Gasteiger partial charge in [-0.25, -0.2) is 4.39 Å². The van der Waals surface area contributed by atoms with Crippen LogP contribution in [-0.4, -0.2) is 25.5 Å². The predicted molar refractivity (Wildman–Crippen MR) is 97.3 cm³/mol. The lowest BCUT2D eigenvalue weighted by atomic mass is 9.99. The van der Waals surface area contributed by atoms with Crippen LogP contribution in [-0.2, 0) is 0 Å². The molecule has 3 nitrogen and oxygen atoms in total. The molecule has 0 spiro atoms. The molecule has 1 fully saturated rings. The number of carbonyl (C=O) groups is 1. The Morgan fingerprint density at radius 1 is 1.12 bits per heavy atom. The first-order valence-electron chi connectivity index (χ1n) is 7.90. The van der Waals surface area contributed by atoms with E-state index >= 15 is 0 Å². The third-order valence-electron chi connectivity index (χ3n) is 4.47. The Kier molecular flexibility index (Phi) is 5.97. The van der Waals surface area contributed by atoms with Crippen LogP contribution in [0.4, 0.5) is 4.39 Å². The van der Waals surface area contributed by atoms with Gasteiger partial charge in [0.25, 0.3) is 5.91 Å². The highest BCUT2D eigenvalue weighted by atomic mass is 35.5. The Labute approximate surface area is 148 Å². The van der Waals surface area contributed by atoms with E-state index in [1.54, 1.807) is 12.1 Å². The SMILES string of the molecule is Cc1ccc(-c2ccc(C(=O)NCC3CNC3)c(F)c2)cc1C.Cl. The van der Waals surface area contributed by atoms with Crippen molar-refractivity contribution in [2.45, 2.75) is 13.8 Å². The summed E-state index contributed by atoms with van der Waals surface area (Å²) in [5, 5.41) is 5.94. The minimum atomic E-state index is -0.482. The second-order valence-electron chi connectivity index (χ2n) is 6.23. The normalized spacial score (nSPS) is 13.8. The summed E-state index contributed by atoms with van der Waals surface area (Å²) in [7, 11) is 0. The quantitative estimate of drug-likeness (QED) is 0.888. The van der Waals surface area contributed by atoms with E-state index in [1.165, 1.54) is 17.2 Å². The zero-order valence-electron chi connectivity index (χ0n) is 13.9. The maximum absolute atomic E-state index is 14.3. The number of hydrogen-bond donors (Lipinski definition) is 2. The zero-order chi connectivity index (χ0) is 16.4. The van der Waals surface area contributed by atoms with Crippen molar-refractivity contribution in [1.29, 1.82) is 0 Å². The van der Waals surface area contributed by atoms with Gasteiger partial charge in [0.1, 0.15) is 5.82 Å². The van der Waals surface area contributed by atoms with Crippen LogP contribution in [0, 0.1) is 25.6 Å². The topological polar surface area (TPSA) is 41.1 Å². The first-order chi connectivity index (χ1) is 11.0. The highest BCUT2D eigenvalue weighted by molar-refractivity contribution is 5.95. The van der Waals surface area contributed by atoms with Crippen LogP contribution in [0.1, 0.15) is 21.5 Å². The van der Waals surface area contributed by atoms with E-state index in [4.69, 9.17) is 0 Å². The molecule has 0 radical (unpaired) electrons. The van der Waals surface area contributed by atoms with E-state index in [0.29, 0.717) is 12.5 Å². The monoisotopic (exact) mass is 348 g/mol. The number of amides is 1. The first kappa shape index (κ1) is 18.4. The number of aryl methyl sites for hydroxylation is 2. The highest BCUT2D eigenvalue weighted by Gasteiger charge is 2.19. The summed E-state index contributed by atoms with van der Waals surface area (Å²) in [6, 6.07) is 10.8. The van der Waals surface area contributed by atoms with Crippen molar-refractivity contribution in [3.63, 3.8) is 0 Å². The Morgan fingerprint density at radius 2 is 1.79 bits per heavy atom. The van der Waals surface area contributed by atoms with Crippen LogP contribution < -0.4 is 10.6 Å². The minimum Gasteiger partial charge on any atom is -0.352 e. The van der Waals surface area contributed by atoms with E-state index in [-0.39, 0.29) is 23.9 Å². The van der Waals surface area contributed by atoms with Crippen LogP contribution in [0.15, 0.2) is 36.4 Å². The number of hydrogen-bond acceptors (Lipinski definition) is 2. The van der Waals surface area contributed by atoms with E-state index in [1.807, 2.05) is 32.0 Å². The lowest BCUT2D eigenvalue weighted by molar-refractivity contribution is 0.0938. The summed E-state index contributed by atoms with van der Waals surface area (Å²) in [4.78, 5) is 12.1. The summed E-state index contributed by atoms with van der Waals surface area (Å²) >= 11 is 0. The van der Waals surface area contributed by atoms with E-state index in [9.17, 15) is 9.18 Å². The molecule has 2 N–H and O–H groups in total. The molecule has 1 aliphatic heterocycles. The second kappa shape index (κ2) is 7.77. The van der Waals surface area contributed by atoms with Crippen molar-refractivity contribution in [2.75, 3.05) is 19.6 Å². The molecule has 2 aromatic rings. The van der Waals surface area contributed by atoms with Gasteiger partial charge in [-0.3, -0.25) is 4.79 Å². The van der Waals surface area contributed by atoms with Gasteiger partial charge in [-0.05, 0) is 48.2 Å². The van der Waals surface area contributed by atoms with Gasteiger partial charge >= 0.3 is 0 Å². The first-order valence-corrected chi connectivity index (χ1v) is 7.90. The largest absolute Gasteiger partial charge is 0.352 e. The Balaban J connectivity index is 0.00000208. The van der Waals surface area contributed by atoms with Gasteiger partial charge in [0.15, 0.2) is 0 Å². The lowest BCUT2D eigenvalue weighted by Crippen LogP contribution is -2.48. The molecule has 1 saturated heterocycles. The number of nitrogens with one attached hydrogen (secondary N) is 2. The summed E-state index contributed by atoms with van der Waals surface area (Å²) < 4.78 is 14.3. The Bertz CT molecular complexity index is 744. The summed E-state index contributed by atoms with van der Waals surface area (Å²) in [6.45, 7) is 6.49. The maximum atomic E-state index is 14.3. The molecule has 1 heterocycles. The summed E-state index contributed by atoms with van der Waals surface area (Å²) in [6.07, 6.45) is 0. The number of rotatable bonds is 4.